The second kappa shape index (κ2) is 11.4. The smallest absolute Gasteiger partial charge is 0.0973 e. The highest BCUT2D eigenvalue weighted by atomic mass is 14.8. The van der Waals surface area contributed by atoms with Crippen molar-refractivity contribution in [2.75, 3.05) is 0 Å². The number of rotatable bonds is 4. The van der Waals surface area contributed by atoms with Crippen LogP contribution in [0, 0.1) is 6.92 Å². The topological polar surface area (TPSA) is 25.8 Å². The van der Waals surface area contributed by atoms with Gasteiger partial charge in [0, 0.05) is 22.0 Å². The predicted molar refractivity (Wildman–Crippen MR) is 221 cm³/mol. The Kier molecular flexibility index (Phi) is 6.82. The van der Waals surface area contributed by atoms with Gasteiger partial charge in [-0.2, -0.15) is 0 Å². The number of aryl methyl sites for hydroxylation is 1. The quantitative estimate of drug-likeness (QED) is 0.185. The third kappa shape index (κ3) is 4.78. The maximum atomic E-state index is 5.31. The minimum Gasteiger partial charge on any atom is -0.244 e. The minimum atomic E-state index is -0.0339. The van der Waals surface area contributed by atoms with E-state index in [9.17, 15) is 0 Å². The molecule has 0 spiro atoms. The van der Waals surface area contributed by atoms with Crippen molar-refractivity contribution in [3.8, 4) is 67.0 Å². The zero-order valence-electron chi connectivity index (χ0n) is 30.8. The Morgan fingerprint density at radius 2 is 0.774 bits per heavy atom. The second-order valence-corrected chi connectivity index (χ2v) is 15.9. The summed E-state index contributed by atoms with van der Waals surface area (Å²) < 4.78 is 0. The number of hydrogen-bond donors (Lipinski definition) is 0. The maximum absolute atomic E-state index is 5.31. The molecule has 2 heteroatoms. The van der Waals surface area contributed by atoms with Gasteiger partial charge in [0.25, 0.3) is 0 Å². The molecule has 0 N–H and O–H groups in total. The van der Waals surface area contributed by atoms with E-state index in [0.29, 0.717) is 0 Å². The van der Waals surface area contributed by atoms with Crippen molar-refractivity contribution >= 4 is 11.0 Å². The van der Waals surface area contributed by atoms with Gasteiger partial charge in [0.15, 0.2) is 0 Å². The fourth-order valence-electron chi connectivity index (χ4n) is 9.03. The Hall–Kier alpha value is -6.12. The van der Waals surface area contributed by atoms with E-state index in [1.807, 2.05) is 0 Å². The van der Waals surface area contributed by atoms with Crippen molar-refractivity contribution in [3.63, 3.8) is 0 Å². The first kappa shape index (κ1) is 31.6. The molecule has 53 heavy (non-hydrogen) atoms. The molecule has 1 heterocycles. The molecule has 2 aliphatic rings. The van der Waals surface area contributed by atoms with Gasteiger partial charge in [0.05, 0.1) is 22.4 Å². The van der Waals surface area contributed by atoms with Crippen molar-refractivity contribution in [1.29, 1.82) is 0 Å². The van der Waals surface area contributed by atoms with Crippen molar-refractivity contribution in [2.24, 2.45) is 0 Å². The van der Waals surface area contributed by atoms with Crippen molar-refractivity contribution in [1.82, 2.24) is 9.97 Å². The van der Waals surface area contributed by atoms with Crippen molar-refractivity contribution in [2.45, 2.75) is 45.4 Å². The molecule has 0 radical (unpaired) electrons. The van der Waals surface area contributed by atoms with Gasteiger partial charge >= 0.3 is 0 Å². The summed E-state index contributed by atoms with van der Waals surface area (Å²) in [6.07, 6.45) is 0. The number of aromatic nitrogens is 2. The summed E-state index contributed by atoms with van der Waals surface area (Å²) in [6.45, 7) is 11.5. The average Bonchev–Trinajstić information content (AvgIpc) is 3.57. The van der Waals surface area contributed by atoms with Gasteiger partial charge < -0.3 is 0 Å². The van der Waals surface area contributed by atoms with Crippen LogP contribution in [0.1, 0.15) is 55.5 Å². The lowest BCUT2D eigenvalue weighted by Crippen LogP contribution is -2.14. The molecule has 0 bridgehead atoms. The third-order valence-electron chi connectivity index (χ3n) is 12.0. The average molecular weight is 681 g/mol. The molecule has 0 saturated heterocycles. The first-order valence-electron chi connectivity index (χ1n) is 18.7. The summed E-state index contributed by atoms with van der Waals surface area (Å²) in [4.78, 5) is 10.6. The highest BCUT2D eigenvalue weighted by molar-refractivity contribution is 5.90. The molecule has 2 aliphatic carbocycles. The van der Waals surface area contributed by atoms with Crippen molar-refractivity contribution < 1.29 is 0 Å². The molecule has 0 saturated carbocycles. The fourth-order valence-corrected chi connectivity index (χ4v) is 9.03. The van der Waals surface area contributed by atoms with Crippen LogP contribution in [0.2, 0.25) is 0 Å². The first-order chi connectivity index (χ1) is 25.7. The summed E-state index contributed by atoms with van der Waals surface area (Å²) in [5.74, 6) is 0. The normalized spacial score (nSPS) is 14.4. The Balaban J connectivity index is 1.02. The molecule has 0 unspecified atom stereocenters. The van der Waals surface area contributed by atoms with E-state index >= 15 is 0 Å². The summed E-state index contributed by atoms with van der Waals surface area (Å²) in [5, 5.41) is 0. The molecule has 0 fully saturated rings. The number of benzene rings is 7. The van der Waals surface area contributed by atoms with E-state index in [4.69, 9.17) is 9.97 Å². The molecule has 0 aliphatic heterocycles. The summed E-state index contributed by atoms with van der Waals surface area (Å²) in [7, 11) is 0. The highest BCUT2D eigenvalue weighted by Gasteiger charge is 2.36. The van der Waals surface area contributed by atoms with Crippen LogP contribution in [0.25, 0.3) is 78.1 Å². The van der Waals surface area contributed by atoms with E-state index in [1.54, 1.807) is 0 Å². The van der Waals surface area contributed by atoms with Crippen LogP contribution in [0.5, 0.6) is 0 Å². The number of fused-ring (bicyclic) bond motifs is 7. The molecule has 7 aromatic carbocycles. The molecular formula is C51H40N2. The minimum absolute atomic E-state index is 0.0336. The lowest BCUT2D eigenvalue weighted by Gasteiger charge is -2.22. The van der Waals surface area contributed by atoms with E-state index in [-0.39, 0.29) is 10.8 Å². The lowest BCUT2D eigenvalue weighted by molar-refractivity contribution is 0.660. The van der Waals surface area contributed by atoms with Gasteiger partial charge in [-0.25, -0.2) is 9.97 Å². The van der Waals surface area contributed by atoms with Gasteiger partial charge in [-0.3, -0.25) is 0 Å². The summed E-state index contributed by atoms with van der Waals surface area (Å²) in [6, 6.07) is 55.5. The first-order valence-corrected chi connectivity index (χ1v) is 18.7. The van der Waals surface area contributed by atoms with E-state index < -0.39 is 0 Å². The molecule has 0 atom stereocenters. The van der Waals surface area contributed by atoms with Crippen LogP contribution in [-0.4, -0.2) is 9.97 Å². The van der Waals surface area contributed by atoms with Gasteiger partial charge in [0.1, 0.15) is 0 Å². The number of para-hydroxylation sites is 1. The molecule has 1 aromatic heterocycles. The Morgan fingerprint density at radius 3 is 1.28 bits per heavy atom. The Bertz CT molecular complexity index is 2770. The van der Waals surface area contributed by atoms with Crippen LogP contribution >= 0.6 is 0 Å². The molecule has 254 valence electrons. The monoisotopic (exact) mass is 680 g/mol. The van der Waals surface area contributed by atoms with Crippen molar-refractivity contribution in [3.05, 3.63) is 179 Å². The van der Waals surface area contributed by atoms with E-state index in [2.05, 4.69) is 186 Å². The molecule has 0 amide bonds. The molecule has 8 aromatic rings. The summed E-state index contributed by atoms with van der Waals surface area (Å²) in [5.41, 5.74) is 22.6. The number of nitrogens with zero attached hydrogens (tertiary/aromatic N) is 2. The fraction of sp³-hybridized carbons (Fsp3) is 0.137. The van der Waals surface area contributed by atoms with E-state index in [1.165, 1.54) is 66.8 Å². The zero-order chi connectivity index (χ0) is 36.1. The second-order valence-electron chi connectivity index (χ2n) is 15.9. The number of hydrogen-bond acceptors (Lipinski definition) is 2. The Labute approximate surface area is 311 Å². The van der Waals surface area contributed by atoms with Crippen LogP contribution in [0.4, 0.5) is 0 Å². The van der Waals surface area contributed by atoms with Gasteiger partial charge in [-0.05, 0) is 97.4 Å². The molecular weight excluding hydrogens is 641 g/mol. The van der Waals surface area contributed by atoms with Crippen LogP contribution in [0.3, 0.4) is 0 Å². The standard InChI is InChI=1S/C51H40N2/c1-31-11-10-16-46-47(31)53-49(35-23-19-33(20-24-35)37-26-28-41-39-13-7-9-15-43(39)51(4,5)45(41)30-37)48(52-46)34-21-17-32(18-22-34)36-25-27-40-38-12-6-8-14-42(38)50(2,3)44(40)29-36/h6-30H,1-5H3. The van der Waals surface area contributed by atoms with Gasteiger partial charge in [-0.1, -0.05) is 161 Å². The van der Waals surface area contributed by atoms with Gasteiger partial charge in [-0.15, -0.1) is 0 Å². The third-order valence-corrected chi connectivity index (χ3v) is 12.0. The molecule has 10 rings (SSSR count). The highest BCUT2D eigenvalue weighted by Crippen LogP contribution is 2.51. The summed E-state index contributed by atoms with van der Waals surface area (Å²) >= 11 is 0. The maximum Gasteiger partial charge on any atom is 0.0973 e. The van der Waals surface area contributed by atoms with Crippen LogP contribution in [0.15, 0.2) is 152 Å². The lowest BCUT2D eigenvalue weighted by atomic mass is 9.81. The largest absolute Gasteiger partial charge is 0.244 e. The Morgan fingerprint density at radius 1 is 0.358 bits per heavy atom. The zero-order valence-corrected chi connectivity index (χ0v) is 30.8. The van der Waals surface area contributed by atoms with Crippen LogP contribution < -0.4 is 0 Å². The van der Waals surface area contributed by atoms with Crippen LogP contribution in [-0.2, 0) is 10.8 Å². The van der Waals surface area contributed by atoms with Gasteiger partial charge in [0.2, 0.25) is 0 Å². The molecule has 2 nitrogen and oxygen atoms in total. The SMILES string of the molecule is Cc1cccc2nc(-c3ccc(-c4ccc5c(c4)C(C)(C)c4ccccc4-5)cc3)c(-c3ccc(-c4ccc5c(c4)C(C)(C)c4ccccc4-5)cc3)nc12. The predicted octanol–water partition coefficient (Wildman–Crippen LogP) is 13.2. The van der Waals surface area contributed by atoms with E-state index in [0.717, 1.165) is 39.1 Å².